The normalized spacial score (nSPS) is 28.9. The second-order valence-corrected chi connectivity index (χ2v) is 4.47. The summed E-state index contributed by atoms with van der Waals surface area (Å²) in [4.78, 5) is 24.1. The molecule has 1 fully saturated rings. The summed E-state index contributed by atoms with van der Waals surface area (Å²) in [7, 11) is 0. The van der Waals surface area contributed by atoms with Crippen molar-refractivity contribution in [2.45, 2.75) is 44.4 Å². The maximum atomic E-state index is 12.0. The van der Waals surface area contributed by atoms with Crippen LogP contribution in [0.15, 0.2) is 0 Å². The Morgan fingerprint density at radius 1 is 1.56 bits per heavy atom. The standard InChI is InChI=1S/C10H18N2O4/c1-3-10(2,11)9(16)12-5-6(13)4-7(12)8(14)15/h6-7,13H,3-5,11H2,1-2H3,(H,14,15)/t6-,7+,10?/m1/s1. The Hall–Kier alpha value is -1.14. The molecule has 0 aromatic carbocycles. The summed E-state index contributed by atoms with van der Waals surface area (Å²) < 4.78 is 0. The number of carbonyl (C=O) groups excluding carboxylic acids is 1. The lowest BCUT2D eigenvalue weighted by molar-refractivity contribution is -0.150. The second kappa shape index (κ2) is 4.39. The van der Waals surface area contributed by atoms with E-state index in [4.69, 9.17) is 10.8 Å². The second-order valence-electron chi connectivity index (χ2n) is 4.47. The maximum absolute atomic E-state index is 12.0. The summed E-state index contributed by atoms with van der Waals surface area (Å²) >= 11 is 0. The number of hydrogen-bond acceptors (Lipinski definition) is 4. The summed E-state index contributed by atoms with van der Waals surface area (Å²) in [5, 5.41) is 18.4. The lowest BCUT2D eigenvalue weighted by atomic mass is 9.98. The van der Waals surface area contributed by atoms with E-state index >= 15 is 0 Å². The largest absolute Gasteiger partial charge is 0.480 e. The maximum Gasteiger partial charge on any atom is 0.326 e. The van der Waals surface area contributed by atoms with Gasteiger partial charge in [-0.3, -0.25) is 4.79 Å². The monoisotopic (exact) mass is 230 g/mol. The molecule has 0 bridgehead atoms. The molecule has 4 N–H and O–H groups in total. The molecule has 1 aliphatic rings. The lowest BCUT2D eigenvalue weighted by Crippen LogP contribution is -2.55. The van der Waals surface area contributed by atoms with Crippen molar-refractivity contribution in [1.82, 2.24) is 4.90 Å². The topological polar surface area (TPSA) is 104 Å². The van der Waals surface area contributed by atoms with Crippen LogP contribution in [-0.4, -0.2) is 51.2 Å². The van der Waals surface area contributed by atoms with Gasteiger partial charge in [0.25, 0.3) is 0 Å². The fraction of sp³-hybridized carbons (Fsp3) is 0.800. The zero-order valence-electron chi connectivity index (χ0n) is 9.51. The van der Waals surface area contributed by atoms with Crippen LogP contribution >= 0.6 is 0 Å². The molecular weight excluding hydrogens is 212 g/mol. The van der Waals surface area contributed by atoms with Gasteiger partial charge in [0, 0.05) is 13.0 Å². The van der Waals surface area contributed by atoms with Crippen LogP contribution in [0.1, 0.15) is 26.7 Å². The van der Waals surface area contributed by atoms with Gasteiger partial charge in [0.2, 0.25) is 5.91 Å². The highest BCUT2D eigenvalue weighted by Crippen LogP contribution is 2.22. The number of likely N-dealkylation sites (tertiary alicyclic amines) is 1. The number of carboxylic acids is 1. The van der Waals surface area contributed by atoms with Crippen LogP contribution in [-0.2, 0) is 9.59 Å². The number of aliphatic carboxylic acids is 1. The number of hydrogen-bond donors (Lipinski definition) is 3. The predicted octanol–water partition coefficient (Wildman–Crippen LogP) is -0.840. The van der Waals surface area contributed by atoms with E-state index in [1.807, 2.05) is 0 Å². The minimum Gasteiger partial charge on any atom is -0.480 e. The number of nitrogens with two attached hydrogens (primary N) is 1. The third kappa shape index (κ3) is 2.33. The van der Waals surface area contributed by atoms with Crippen LogP contribution in [0.2, 0.25) is 0 Å². The Labute approximate surface area is 94.0 Å². The van der Waals surface area contributed by atoms with Crippen LogP contribution in [0.25, 0.3) is 0 Å². The minimum absolute atomic E-state index is 0.0442. The van der Waals surface area contributed by atoms with Crippen molar-refractivity contribution >= 4 is 11.9 Å². The first kappa shape index (κ1) is 12.9. The molecule has 0 radical (unpaired) electrons. The number of amides is 1. The van der Waals surface area contributed by atoms with E-state index in [-0.39, 0.29) is 13.0 Å². The van der Waals surface area contributed by atoms with Gasteiger partial charge in [-0.2, -0.15) is 0 Å². The average Bonchev–Trinajstić information content (AvgIpc) is 2.59. The van der Waals surface area contributed by atoms with Gasteiger partial charge >= 0.3 is 5.97 Å². The van der Waals surface area contributed by atoms with E-state index in [1.54, 1.807) is 13.8 Å². The van der Waals surface area contributed by atoms with E-state index in [1.165, 1.54) is 0 Å². The smallest absolute Gasteiger partial charge is 0.326 e. The lowest BCUT2D eigenvalue weighted by Gasteiger charge is -2.30. The number of carbonyl (C=O) groups is 2. The molecule has 1 unspecified atom stereocenters. The number of aliphatic hydroxyl groups excluding tert-OH is 1. The van der Waals surface area contributed by atoms with Crippen molar-refractivity contribution < 1.29 is 19.8 Å². The summed E-state index contributed by atoms with van der Waals surface area (Å²) in [6, 6.07) is -0.961. The molecule has 0 saturated carbocycles. The van der Waals surface area contributed by atoms with Crippen molar-refractivity contribution in [3.05, 3.63) is 0 Å². The number of rotatable bonds is 3. The Kier molecular flexibility index (Phi) is 3.54. The number of β-amino-alcohol motifs (C(OH)–C–C–N with tert-alkyl or cyclic N) is 1. The molecule has 1 amide bonds. The molecule has 1 rings (SSSR count). The van der Waals surface area contributed by atoms with Crippen LogP contribution in [0.4, 0.5) is 0 Å². The van der Waals surface area contributed by atoms with Crippen LogP contribution < -0.4 is 5.73 Å². The van der Waals surface area contributed by atoms with Crippen molar-refractivity contribution in [2.75, 3.05) is 6.54 Å². The highest BCUT2D eigenvalue weighted by molar-refractivity contribution is 5.90. The Morgan fingerprint density at radius 2 is 2.12 bits per heavy atom. The molecule has 1 heterocycles. The van der Waals surface area contributed by atoms with E-state index in [0.717, 1.165) is 4.90 Å². The van der Waals surface area contributed by atoms with Gasteiger partial charge < -0.3 is 20.8 Å². The molecule has 1 aliphatic heterocycles. The number of aliphatic hydroxyl groups is 1. The SMILES string of the molecule is CCC(C)(N)C(=O)N1C[C@H](O)C[C@H]1C(=O)O. The Morgan fingerprint density at radius 3 is 2.56 bits per heavy atom. The minimum atomic E-state index is -1.10. The molecule has 6 heteroatoms. The molecule has 0 aromatic heterocycles. The summed E-state index contributed by atoms with van der Waals surface area (Å²) in [6.07, 6.45) is -0.288. The molecule has 0 aliphatic carbocycles. The van der Waals surface area contributed by atoms with Crippen LogP contribution in [0.5, 0.6) is 0 Å². The average molecular weight is 230 g/mol. The predicted molar refractivity (Wildman–Crippen MR) is 56.6 cm³/mol. The number of nitrogens with zero attached hydrogens (tertiary/aromatic N) is 1. The molecule has 3 atom stereocenters. The molecule has 0 spiro atoms. The van der Waals surface area contributed by atoms with Crippen LogP contribution in [0.3, 0.4) is 0 Å². The van der Waals surface area contributed by atoms with E-state index in [2.05, 4.69) is 0 Å². The molecule has 1 saturated heterocycles. The molecule has 0 aromatic rings. The van der Waals surface area contributed by atoms with Crippen molar-refractivity contribution in [2.24, 2.45) is 5.73 Å². The van der Waals surface area contributed by atoms with Gasteiger partial charge in [-0.15, -0.1) is 0 Å². The first-order chi connectivity index (χ1) is 7.29. The summed E-state index contributed by atoms with van der Waals surface area (Å²) in [5.41, 5.74) is 4.71. The van der Waals surface area contributed by atoms with Gasteiger partial charge in [-0.05, 0) is 13.3 Å². The van der Waals surface area contributed by atoms with E-state index in [0.29, 0.717) is 6.42 Å². The fourth-order valence-corrected chi connectivity index (χ4v) is 1.75. The highest BCUT2D eigenvalue weighted by atomic mass is 16.4. The zero-order chi connectivity index (χ0) is 12.5. The first-order valence-electron chi connectivity index (χ1n) is 5.30. The van der Waals surface area contributed by atoms with Crippen LogP contribution in [0, 0.1) is 0 Å². The Bertz CT molecular complexity index is 303. The molecule has 92 valence electrons. The number of carboxylic acid groups (broad SMARTS) is 1. The van der Waals surface area contributed by atoms with Gasteiger partial charge in [-0.1, -0.05) is 6.92 Å². The van der Waals surface area contributed by atoms with Gasteiger partial charge in [0.05, 0.1) is 11.6 Å². The molecular formula is C10H18N2O4. The Balaban J connectivity index is 2.86. The van der Waals surface area contributed by atoms with Crippen molar-refractivity contribution in [1.29, 1.82) is 0 Å². The van der Waals surface area contributed by atoms with E-state index < -0.39 is 29.6 Å². The fourth-order valence-electron chi connectivity index (χ4n) is 1.75. The van der Waals surface area contributed by atoms with Gasteiger partial charge in [0.15, 0.2) is 0 Å². The van der Waals surface area contributed by atoms with Crippen molar-refractivity contribution in [3.63, 3.8) is 0 Å². The van der Waals surface area contributed by atoms with E-state index in [9.17, 15) is 14.7 Å². The first-order valence-corrected chi connectivity index (χ1v) is 5.30. The molecule has 16 heavy (non-hydrogen) atoms. The third-order valence-electron chi connectivity index (χ3n) is 3.05. The third-order valence-corrected chi connectivity index (χ3v) is 3.05. The van der Waals surface area contributed by atoms with Gasteiger partial charge in [-0.25, -0.2) is 4.79 Å². The van der Waals surface area contributed by atoms with Gasteiger partial charge in [0.1, 0.15) is 6.04 Å². The highest BCUT2D eigenvalue weighted by Gasteiger charge is 2.43. The van der Waals surface area contributed by atoms with Crippen molar-refractivity contribution in [3.8, 4) is 0 Å². The quantitative estimate of drug-likeness (QED) is 0.586. The zero-order valence-corrected chi connectivity index (χ0v) is 9.51. The summed E-state index contributed by atoms with van der Waals surface area (Å²) in [6.45, 7) is 3.38. The molecule has 6 nitrogen and oxygen atoms in total. The summed E-state index contributed by atoms with van der Waals surface area (Å²) in [5.74, 6) is -1.52.